The van der Waals surface area contributed by atoms with Gasteiger partial charge in [0, 0.05) is 5.69 Å². The third-order valence-corrected chi connectivity index (χ3v) is 2.73. The van der Waals surface area contributed by atoms with Crippen molar-refractivity contribution in [3.05, 3.63) is 59.4 Å². The Balaban J connectivity index is 2.03. The fourth-order valence-electron chi connectivity index (χ4n) is 1.77. The van der Waals surface area contributed by atoms with Crippen LogP contribution in [0.4, 0.5) is 10.1 Å². The third-order valence-electron chi connectivity index (χ3n) is 2.73. The van der Waals surface area contributed by atoms with E-state index in [0.29, 0.717) is 16.8 Å². The summed E-state index contributed by atoms with van der Waals surface area (Å²) >= 11 is 0. The Morgan fingerprint density at radius 1 is 1.26 bits per heavy atom. The number of hydrogen-bond donors (Lipinski definition) is 2. The van der Waals surface area contributed by atoms with Crippen molar-refractivity contribution in [1.29, 1.82) is 0 Å². The molecular formula is C15H14FNO2. The van der Waals surface area contributed by atoms with Gasteiger partial charge in [-0.15, -0.1) is 0 Å². The van der Waals surface area contributed by atoms with Crippen molar-refractivity contribution in [2.45, 2.75) is 13.3 Å². The maximum absolute atomic E-state index is 13.0. The number of carbonyl (C=O) groups is 1. The summed E-state index contributed by atoms with van der Waals surface area (Å²) in [5.41, 5.74) is 1.91. The molecule has 0 heterocycles. The van der Waals surface area contributed by atoms with Crippen molar-refractivity contribution in [2.24, 2.45) is 0 Å². The van der Waals surface area contributed by atoms with Gasteiger partial charge in [-0.1, -0.05) is 12.1 Å². The first-order valence-electron chi connectivity index (χ1n) is 5.88. The van der Waals surface area contributed by atoms with E-state index in [1.54, 1.807) is 31.2 Å². The molecule has 4 heteroatoms. The van der Waals surface area contributed by atoms with Crippen LogP contribution in [0.3, 0.4) is 0 Å². The van der Waals surface area contributed by atoms with Gasteiger partial charge in [-0.3, -0.25) is 4.79 Å². The highest BCUT2D eigenvalue weighted by atomic mass is 19.1. The lowest BCUT2D eigenvalue weighted by Crippen LogP contribution is -2.14. The molecule has 0 fully saturated rings. The van der Waals surface area contributed by atoms with Crippen LogP contribution in [0.5, 0.6) is 5.75 Å². The molecule has 0 aliphatic rings. The number of benzene rings is 2. The number of amides is 1. The molecule has 19 heavy (non-hydrogen) atoms. The molecule has 0 atom stereocenters. The van der Waals surface area contributed by atoms with Gasteiger partial charge < -0.3 is 10.4 Å². The number of phenolic OH excluding ortho intramolecular Hbond substituents is 1. The van der Waals surface area contributed by atoms with E-state index in [4.69, 9.17) is 0 Å². The minimum absolute atomic E-state index is 0.109. The first-order valence-corrected chi connectivity index (χ1v) is 5.88. The molecule has 2 aromatic rings. The number of phenols is 1. The van der Waals surface area contributed by atoms with E-state index >= 15 is 0 Å². The fourth-order valence-corrected chi connectivity index (χ4v) is 1.77. The molecular weight excluding hydrogens is 245 g/mol. The molecule has 1 amide bonds. The van der Waals surface area contributed by atoms with Crippen molar-refractivity contribution in [3.8, 4) is 5.75 Å². The first kappa shape index (κ1) is 13.1. The Labute approximate surface area is 110 Å². The van der Waals surface area contributed by atoms with Gasteiger partial charge in [0.1, 0.15) is 11.6 Å². The standard InChI is InChI=1S/C15H14FNO2/c1-10-7-13(5-6-14(10)18)17-15(19)9-11-3-2-4-12(16)8-11/h2-8,18H,9H2,1H3,(H,17,19). The second kappa shape index (κ2) is 5.52. The van der Waals surface area contributed by atoms with Crippen LogP contribution in [0.2, 0.25) is 0 Å². The molecule has 2 N–H and O–H groups in total. The van der Waals surface area contributed by atoms with Gasteiger partial charge in [-0.05, 0) is 48.4 Å². The number of hydrogen-bond acceptors (Lipinski definition) is 2. The topological polar surface area (TPSA) is 49.3 Å². The van der Waals surface area contributed by atoms with Gasteiger partial charge in [-0.25, -0.2) is 4.39 Å². The zero-order valence-corrected chi connectivity index (χ0v) is 10.5. The predicted molar refractivity (Wildman–Crippen MR) is 71.6 cm³/mol. The Morgan fingerprint density at radius 2 is 2.05 bits per heavy atom. The van der Waals surface area contributed by atoms with E-state index in [2.05, 4.69) is 5.32 Å². The van der Waals surface area contributed by atoms with E-state index in [1.165, 1.54) is 18.2 Å². The molecule has 2 aromatic carbocycles. The minimum Gasteiger partial charge on any atom is -0.508 e. The van der Waals surface area contributed by atoms with E-state index < -0.39 is 0 Å². The van der Waals surface area contributed by atoms with Crippen LogP contribution in [0.1, 0.15) is 11.1 Å². The summed E-state index contributed by atoms with van der Waals surface area (Å²) in [6.45, 7) is 1.75. The van der Waals surface area contributed by atoms with Gasteiger partial charge in [0.15, 0.2) is 0 Å². The van der Waals surface area contributed by atoms with Crippen molar-refractivity contribution < 1.29 is 14.3 Å². The quantitative estimate of drug-likeness (QED) is 0.832. The summed E-state index contributed by atoms with van der Waals surface area (Å²) < 4.78 is 13.0. The van der Waals surface area contributed by atoms with E-state index in [1.807, 2.05) is 0 Å². The number of aryl methyl sites for hydroxylation is 1. The number of anilines is 1. The van der Waals surface area contributed by atoms with E-state index in [9.17, 15) is 14.3 Å². The van der Waals surface area contributed by atoms with Crippen LogP contribution in [0.25, 0.3) is 0 Å². The molecule has 98 valence electrons. The van der Waals surface area contributed by atoms with Crippen LogP contribution in [-0.4, -0.2) is 11.0 Å². The van der Waals surface area contributed by atoms with Crippen LogP contribution in [-0.2, 0) is 11.2 Å². The summed E-state index contributed by atoms with van der Waals surface area (Å²) in [7, 11) is 0. The third kappa shape index (κ3) is 3.55. The maximum atomic E-state index is 13.0. The monoisotopic (exact) mass is 259 g/mol. The number of halogens is 1. The molecule has 0 radical (unpaired) electrons. The Morgan fingerprint density at radius 3 is 2.74 bits per heavy atom. The molecule has 0 bridgehead atoms. The average Bonchev–Trinajstić information content (AvgIpc) is 2.34. The number of carbonyl (C=O) groups excluding carboxylic acids is 1. The molecule has 0 saturated carbocycles. The molecule has 0 spiro atoms. The molecule has 0 aliphatic carbocycles. The smallest absolute Gasteiger partial charge is 0.228 e. The largest absolute Gasteiger partial charge is 0.508 e. The fraction of sp³-hybridized carbons (Fsp3) is 0.133. The average molecular weight is 259 g/mol. The lowest BCUT2D eigenvalue weighted by Gasteiger charge is -2.07. The zero-order chi connectivity index (χ0) is 13.8. The van der Waals surface area contributed by atoms with Gasteiger partial charge in [0.2, 0.25) is 5.91 Å². The van der Waals surface area contributed by atoms with Crippen LogP contribution >= 0.6 is 0 Å². The number of aromatic hydroxyl groups is 1. The van der Waals surface area contributed by atoms with Crippen LogP contribution in [0.15, 0.2) is 42.5 Å². The predicted octanol–water partition coefficient (Wildman–Crippen LogP) is 3.02. The molecule has 0 aromatic heterocycles. The van der Waals surface area contributed by atoms with Gasteiger partial charge >= 0.3 is 0 Å². The highest BCUT2D eigenvalue weighted by Crippen LogP contribution is 2.20. The van der Waals surface area contributed by atoms with Gasteiger partial charge in [0.25, 0.3) is 0 Å². The molecule has 0 unspecified atom stereocenters. The Hall–Kier alpha value is -2.36. The van der Waals surface area contributed by atoms with Crippen LogP contribution < -0.4 is 5.32 Å². The second-order valence-electron chi connectivity index (χ2n) is 4.36. The summed E-state index contributed by atoms with van der Waals surface area (Å²) in [5, 5.41) is 12.1. The summed E-state index contributed by atoms with van der Waals surface area (Å²) in [4.78, 5) is 11.8. The van der Waals surface area contributed by atoms with Crippen LogP contribution in [0, 0.1) is 12.7 Å². The highest BCUT2D eigenvalue weighted by molar-refractivity contribution is 5.92. The summed E-state index contributed by atoms with van der Waals surface area (Å²) in [6.07, 6.45) is 0.109. The first-order chi connectivity index (χ1) is 9.04. The minimum atomic E-state index is -0.356. The van der Waals surface area contributed by atoms with Crippen molar-refractivity contribution >= 4 is 11.6 Å². The Kier molecular flexibility index (Phi) is 3.80. The lowest BCUT2D eigenvalue weighted by molar-refractivity contribution is -0.115. The summed E-state index contributed by atoms with van der Waals surface area (Å²) in [6, 6.07) is 10.8. The van der Waals surface area contributed by atoms with Gasteiger partial charge in [-0.2, -0.15) is 0 Å². The lowest BCUT2D eigenvalue weighted by atomic mass is 10.1. The van der Waals surface area contributed by atoms with E-state index in [0.717, 1.165) is 0 Å². The molecule has 0 aliphatic heterocycles. The van der Waals surface area contributed by atoms with Crippen molar-refractivity contribution in [2.75, 3.05) is 5.32 Å². The maximum Gasteiger partial charge on any atom is 0.228 e. The van der Waals surface area contributed by atoms with E-state index in [-0.39, 0.29) is 23.9 Å². The normalized spacial score (nSPS) is 10.2. The Bertz CT molecular complexity index is 611. The van der Waals surface area contributed by atoms with Gasteiger partial charge in [0.05, 0.1) is 6.42 Å². The van der Waals surface area contributed by atoms with Crippen molar-refractivity contribution in [1.82, 2.24) is 0 Å². The zero-order valence-electron chi connectivity index (χ0n) is 10.5. The summed E-state index contributed by atoms with van der Waals surface area (Å²) in [5.74, 6) is -0.399. The SMILES string of the molecule is Cc1cc(NC(=O)Cc2cccc(F)c2)ccc1O. The second-order valence-corrected chi connectivity index (χ2v) is 4.36. The van der Waals surface area contributed by atoms with Crippen molar-refractivity contribution in [3.63, 3.8) is 0 Å². The molecule has 3 nitrogen and oxygen atoms in total. The molecule has 0 saturated heterocycles. The number of nitrogens with one attached hydrogen (secondary N) is 1. The highest BCUT2D eigenvalue weighted by Gasteiger charge is 2.06. The molecule has 2 rings (SSSR count). The number of rotatable bonds is 3.